The number of anilines is 1. The Bertz CT molecular complexity index is 925. The summed E-state index contributed by atoms with van der Waals surface area (Å²) in [5.74, 6) is 0.00959. The molecule has 0 N–H and O–H groups in total. The third-order valence-corrected chi connectivity index (χ3v) is 5.53. The van der Waals surface area contributed by atoms with Crippen molar-refractivity contribution in [3.63, 3.8) is 0 Å². The van der Waals surface area contributed by atoms with Gasteiger partial charge >= 0.3 is 6.03 Å². The molecule has 2 unspecified atom stereocenters. The van der Waals surface area contributed by atoms with Crippen LogP contribution in [-0.2, 0) is 4.79 Å². The van der Waals surface area contributed by atoms with Gasteiger partial charge in [-0.3, -0.25) is 19.5 Å². The van der Waals surface area contributed by atoms with E-state index in [1.54, 1.807) is 30.1 Å². The van der Waals surface area contributed by atoms with Gasteiger partial charge in [-0.1, -0.05) is 26.0 Å². The van der Waals surface area contributed by atoms with Crippen LogP contribution >= 0.6 is 0 Å². The lowest BCUT2D eigenvalue weighted by atomic mass is 10.1. The number of imide groups is 1. The molecule has 8 heteroatoms. The van der Waals surface area contributed by atoms with Gasteiger partial charge in [0.2, 0.25) is 5.96 Å². The molecule has 0 aliphatic carbocycles. The Morgan fingerprint density at radius 1 is 1.14 bits per heavy atom. The summed E-state index contributed by atoms with van der Waals surface area (Å²) in [6.07, 6.45) is -0.629. The molecule has 0 saturated carbocycles. The van der Waals surface area contributed by atoms with Crippen molar-refractivity contribution < 1.29 is 14.0 Å². The number of likely N-dealkylation sites (N-methyl/N-ethyl adjacent to an activating group) is 1. The van der Waals surface area contributed by atoms with Crippen LogP contribution in [0.2, 0.25) is 0 Å². The first-order chi connectivity index (χ1) is 13.2. The SMILES string of the molecule is CC1=C(C)N2C(=NC3C2C(=O)N(CC(C)C)C(=O)N3C)N1c1ccccc1F. The third-order valence-electron chi connectivity index (χ3n) is 5.53. The second-order valence-electron chi connectivity index (χ2n) is 7.85. The highest BCUT2D eigenvalue weighted by Crippen LogP contribution is 2.40. The van der Waals surface area contributed by atoms with Gasteiger partial charge in [0.05, 0.1) is 5.69 Å². The summed E-state index contributed by atoms with van der Waals surface area (Å²) < 4.78 is 14.5. The van der Waals surface area contributed by atoms with Gasteiger partial charge in [-0.05, 0) is 31.9 Å². The Morgan fingerprint density at radius 2 is 1.82 bits per heavy atom. The number of allylic oxidation sites excluding steroid dienone is 2. The first-order valence-corrected chi connectivity index (χ1v) is 9.41. The van der Waals surface area contributed by atoms with Crippen LogP contribution in [0.15, 0.2) is 40.7 Å². The van der Waals surface area contributed by atoms with E-state index in [1.165, 1.54) is 15.9 Å². The van der Waals surface area contributed by atoms with Crippen LogP contribution in [0, 0.1) is 11.7 Å². The first-order valence-electron chi connectivity index (χ1n) is 9.41. The summed E-state index contributed by atoms with van der Waals surface area (Å²) in [4.78, 5) is 37.0. The second kappa shape index (κ2) is 6.32. The van der Waals surface area contributed by atoms with Crippen LogP contribution in [0.3, 0.4) is 0 Å². The van der Waals surface area contributed by atoms with Gasteiger partial charge in [0.1, 0.15) is 5.82 Å². The minimum Gasteiger partial charge on any atom is -0.302 e. The number of carbonyl (C=O) groups excluding carboxylic acids is 2. The monoisotopic (exact) mass is 385 g/mol. The topological polar surface area (TPSA) is 59.5 Å². The zero-order valence-electron chi connectivity index (χ0n) is 16.7. The van der Waals surface area contributed by atoms with Crippen molar-refractivity contribution >= 4 is 23.6 Å². The second-order valence-corrected chi connectivity index (χ2v) is 7.85. The van der Waals surface area contributed by atoms with Crippen LogP contribution in [0.25, 0.3) is 0 Å². The Hall–Kier alpha value is -2.90. The van der Waals surface area contributed by atoms with Crippen LogP contribution in [-0.4, -0.2) is 58.4 Å². The van der Waals surface area contributed by atoms with Crippen LogP contribution in [0.4, 0.5) is 14.9 Å². The van der Waals surface area contributed by atoms with Gasteiger partial charge in [-0.2, -0.15) is 0 Å². The number of rotatable bonds is 3. The maximum atomic E-state index is 14.5. The normalized spacial score (nSPS) is 24.5. The molecule has 0 bridgehead atoms. The summed E-state index contributed by atoms with van der Waals surface area (Å²) >= 11 is 0. The molecule has 28 heavy (non-hydrogen) atoms. The maximum Gasteiger partial charge on any atom is 0.328 e. The van der Waals surface area contributed by atoms with Gasteiger partial charge in [0, 0.05) is 25.0 Å². The molecule has 3 aliphatic heterocycles. The largest absolute Gasteiger partial charge is 0.328 e. The van der Waals surface area contributed by atoms with E-state index in [9.17, 15) is 14.0 Å². The number of halogens is 1. The third kappa shape index (κ3) is 2.43. The fourth-order valence-corrected chi connectivity index (χ4v) is 4.07. The van der Waals surface area contributed by atoms with E-state index in [4.69, 9.17) is 0 Å². The molecule has 1 fully saturated rings. The average Bonchev–Trinajstić information content (AvgIpc) is 3.14. The van der Waals surface area contributed by atoms with Crippen molar-refractivity contribution in [3.8, 4) is 0 Å². The fraction of sp³-hybridized carbons (Fsp3) is 0.450. The maximum absolute atomic E-state index is 14.5. The Labute approximate surface area is 163 Å². The van der Waals surface area contributed by atoms with E-state index in [2.05, 4.69) is 4.99 Å². The lowest BCUT2D eigenvalue weighted by Crippen LogP contribution is -2.65. The van der Waals surface area contributed by atoms with Gasteiger partial charge in [0.15, 0.2) is 12.2 Å². The standard InChI is InChI=1S/C20H24FN5O2/c1-11(2)10-24-18(27)16-17(23(5)20(24)28)22-19-25(12(3)13(4)26(16)19)15-9-7-6-8-14(15)21/h6-9,11,16-17H,10H2,1-5H3. The molecule has 2 atom stereocenters. The predicted molar refractivity (Wildman–Crippen MR) is 104 cm³/mol. The van der Waals surface area contributed by atoms with Crippen molar-refractivity contribution in [2.24, 2.45) is 10.9 Å². The Morgan fingerprint density at radius 3 is 2.46 bits per heavy atom. The zero-order valence-corrected chi connectivity index (χ0v) is 16.7. The number of hydrogen-bond acceptors (Lipinski definition) is 5. The smallest absolute Gasteiger partial charge is 0.302 e. The minimum atomic E-state index is -0.636. The summed E-state index contributed by atoms with van der Waals surface area (Å²) in [6.45, 7) is 8.06. The molecular weight excluding hydrogens is 361 g/mol. The number of amides is 3. The van der Waals surface area contributed by atoms with Gasteiger partial charge in [0.25, 0.3) is 5.91 Å². The molecule has 3 heterocycles. The van der Waals surface area contributed by atoms with E-state index in [0.29, 0.717) is 18.2 Å². The molecule has 0 radical (unpaired) electrons. The molecule has 7 nitrogen and oxygen atoms in total. The molecule has 0 aromatic heterocycles. The van der Waals surface area contributed by atoms with Gasteiger partial charge in [-0.25, -0.2) is 14.2 Å². The van der Waals surface area contributed by atoms with Crippen molar-refractivity contribution in [1.82, 2.24) is 14.7 Å². The highest BCUT2D eigenvalue weighted by Gasteiger charge is 2.56. The Balaban J connectivity index is 1.78. The first kappa shape index (κ1) is 18.5. The van der Waals surface area contributed by atoms with E-state index in [-0.39, 0.29) is 23.7 Å². The van der Waals surface area contributed by atoms with Crippen molar-refractivity contribution in [2.75, 3.05) is 18.5 Å². The predicted octanol–water partition coefficient (Wildman–Crippen LogP) is 2.81. The van der Waals surface area contributed by atoms with Gasteiger partial charge in [-0.15, -0.1) is 0 Å². The molecule has 148 valence electrons. The van der Waals surface area contributed by atoms with Crippen LogP contribution < -0.4 is 4.90 Å². The number of fused-ring (bicyclic) bond motifs is 3. The molecular formula is C20H24FN5O2. The van der Waals surface area contributed by atoms with Crippen LogP contribution in [0.5, 0.6) is 0 Å². The molecule has 4 rings (SSSR count). The molecule has 3 aliphatic rings. The van der Waals surface area contributed by atoms with E-state index < -0.39 is 12.2 Å². The summed E-state index contributed by atoms with van der Waals surface area (Å²) in [5, 5.41) is 0. The van der Waals surface area contributed by atoms with E-state index in [0.717, 1.165) is 11.4 Å². The quantitative estimate of drug-likeness (QED) is 0.803. The fourth-order valence-electron chi connectivity index (χ4n) is 4.07. The van der Waals surface area contributed by atoms with E-state index >= 15 is 0 Å². The number of guanidine groups is 1. The zero-order chi connectivity index (χ0) is 20.3. The number of aliphatic imine (C=N–C) groups is 1. The highest BCUT2D eigenvalue weighted by molar-refractivity contribution is 6.10. The number of benzene rings is 1. The molecule has 1 aromatic carbocycles. The number of para-hydroxylation sites is 1. The number of carbonyl (C=O) groups is 2. The molecule has 3 amide bonds. The highest BCUT2D eigenvalue weighted by atomic mass is 19.1. The van der Waals surface area contributed by atoms with Crippen molar-refractivity contribution in [1.29, 1.82) is 0 Å². The molecule has 1 aromatic rings. The number of nitrogens with zero attached hydrogens (tertiary/aromatic N) is 5. The van der Waals surface area contributed by atoms with Gasteiger partial charge < -0.3 is 4.90 Å². The lowest BCUT2D eigenvalue weighted by Gasteiger charge is -2.41. The van der Waals surface area contributed by atoms with E-state index in [1.807, 2.05) is 32.6 Å². The summed E-state index contributed by atoms with van der Waals surface area (Å²) in [6, 6.07) is 5.49. The summed E-state index contributed by atoms with van der Waals surface area (Å²) in [7, 11) is 1.66. The number of hydrogen-bond donors (Lipinski definition) is 0. The van der Waals surface area contributed by atoms with Crippen molar-refractivity contribution in [3.05, 3.63) is 41.5 Å². The molecule has 0 spiro atoms. The average molecular weight is 385 g/mol. The summed E-state index contributed by atoms with van der Waals surface area (Å²) in [5.41, 5.74) is 2.01. The van der Waals surface area contributed by atoms with Crippen LogP contribution in [0.1, 0.15) is 27.7 Å². The van der Waals surface area contributed by atoms with Crippen molar-refractivity contribution in [2.45, 2.75) is 39.9 Å². The Kier molecular flexibility index (Phi) is 4.17. The molecule has 1 saturated heterocycles. The minimum absolute atomic E-state index is 0.159. The number of urea groups is 1. The lowest BCUT2D eigenvalue weighted by molar-refractivity contribution is -0.137.